The standard InChI is InChI=1S/C21H30N2O5/c1-6-13(2)17(19(25)26)22-18(24)16-11-14-9-7-8-10-15(14)12-23(16)20(27)28-21(3,4)5/h7-10,13,16-17H,6,11-12H2,1-5H3,(H,22,24)(H,25,26)/p-1/t13-,16+,17+/m1/s1. The van der Waals surface area contributed by atoms with Gasteiger partial charge in [-0.1, -0.05) is 44.5 Å². The number of carbonyl (C=O) groups is 3. The van der Waals surface area contributed by atoms with Gasteiger partial charge in [0.05, 0.1) is 18.6 Å². The molecule has 1 aliphatic heterocycles. The Labute approximate surface area is 166 Å². The summed E-state index contributed by atoms with van der Waals surface area (Å²) in [7, 11) is 0. The molecule has 0 saturated carbocycles. The highest BCUT2D eigenvalue weighted by Gasteiger charge is 2.38. The van der Waals surface area contributed by atoms with Gasteiger partial charge in [-0.15, -0.1) is 0 Å². The first-order chi connectivity index (χ1) is 13.0. The summed E-state index contributed by atoms with van der Waals surface area (Å²) >= 11 is 0. The summed E-state index contributed by atoms with van der Waals surface area (Å²) in [5.41, 5.74) is 1.19. The van der Waals surface area contributed by atoms with Crippen LogP contribution in [0, 0.1) is 5.92 Å². The van der Waals surface area contributed by atoms with Gasteiger partial charge in [-0.2, -0.15) is 0 Å². The number of ether oxygens (including phenoxy) is 1. The molecular formula is C21H29N2O5-. The molecule has 28 heavy (non-hydrogen) atoms. The highest BCUT2D eigenvalue weighted by atomic mass is 16.6. The summed E-state index contributed by atoms with van der Waals surface area (Å²) in [5, 5.41) is 14.1. The van der Waals surface area contributed by atoms with Gasteiger partial charge in [-0.3, -0.25) is 9.69 Å². The van der Waals surface area contributed by atoms with Gasteiger partial charge in [0.15, 0.2) is 0 Å². The fraction of sp³-hybridized carbons (Fsp3) is 0.571. The number of benzene rings is 1. The number of carbonyl (C=O) groups excluding carboxylic acids is 3. The van der Waals surface area contributed by atoms with Crippen molar-refractivity contribution in [1.82, 2.24) is 10.2 Å². The fourth-order valence-corrected chi connectivity index (χ4v) is 3.19. The molecule has 0 saturated heterocycles. The molecule has 154 valence electrons. The predicted octanol–water partition coefficient (Wildman–Crippen LogP) is 1.63. The van der Waals surface area contributed by atoms with Crippen LogP contribution < -0.4 is 10.4 Å². The van der Waals surface area contributed by atoms with Crippen molar-refractivity contribution >= 4 is 18.0 Å². The van der Waals surface area contributed by atoms with E-state index in [1.807, 2.05) is 31.2 Å². The maximum Gasteiger partial charge on any atom is 0.411 e. The van der Waals surface area contributed by atoms with Crippen molar-refractivity contribution in [3.8, 4) is 0 Å². The lowest BCUT2D eigenvalue weighted by Crippen LogP contribution is -2.59. The minimum atomic E-state index is -1.33. The van der Waals surface area contributed by atoms with Gasteiger partial charge < -0.3 is 20.0 Å². The summed E-state index contributed by atoms with van der Waals surface area (Å²) < 4.78 is 5.47. The van der Waals surface area contributed by atoms with E-state index < -0.39 is 35.7 Å². The third-order valence-electron chi connectivity index (χ3n) is 4.94. The Balaban J connectivity index is 2.29. The number of rotatable bonds is 5. The molecule has 3 atom stereocenters. The van der Waals surface area contributed by atoms with Gasteiger partial charge in [0.1, 0.15) is 11.6 Å². The average molecular weight is 389 g/mol. The summed E-state index contributed by atoms with van der Waals surface area (Å²) in [6.07, 6.45) is 0.264. The van der Waals surface area contributed by atoms with Crippen molar-refractivity contribution in [3.63, 3.8) is 0 Å². The normalized spacial score (nSPS) is 18.6. The Kier molecular flexibility index (Phi) is 6.69. The van der Waals surface area contributed by atoms with Gasteiger partial charge in [-0.05, 0) is 37.8 Å². The molecule has 2 rings (SSSR count). The first kappa shape index (κ1) is 21.7. The third kappa shape index (κ3) is 5.24. The van der Waals surface area contributed by atoms with E-state index in [0.29, 0.717) is 12.8 Å². The Hall–Kier alpha value is -2.57. The monoisotopic (exact) mass is 389 g/mol. The number of hydrogen-bond acceptors (Lipinski definition) is 5. The largest absolute Gasteiger partial charge is 0.548 e. The molecule has 1 aromatic carbocycles. The van der Waals surface area contributed by atoms with Crippen molar-refractivity contribution in [3.05, 3.63) is 35.4 Å². The van der Waals surface area contributed by atoms with E-state index in [-0.39, 0.29) is 12.5 Å². The van der Waals surface area contributed by atoms with Crippen LogP contribution in [0.4, 0.5) is 4.79 Å². The minimum Gasteiger partial charge on any atom is -0.548 e. The third-order valence-corrected chi connectivity index (χ3v) is 4.94. The number of fused-ring (bicyclic) bond motifs is 1. The summed E-state index contributed by atoms with van der Waals surface area (Å²) in [6, 6.07) is 5.60. The van der Waals surface area contributed by atoms with Crippen LogP contribution >= 0.6 is 0 Å². The van der Waals surface area contributed by atoms with E-state index in [4.69, 9.17) is 4.74 Å². The van der Waals surface area contributed by atoms with E-state index in [9.17, 15) is 19.5 Å². The van der Waals surface area contributed by atoms with E-state index in [1.54, 1.807) is 27.7 Å². The van der Waals surface area contributed by atoms with Crippen molar-refractivity contribution < 1.29 is 24.2 Å². The van der Waals surface area contributed by atoms with E-state index in [0.717, 1.165) is 11.1 Å². The summed E-state index contributed by atoms with van der Waals surface area (Å²) in [5.74, 6) is -2.14. The molecule has 0 bridgehead atoms. The molecule has 7 nitrogen and oxygen atoms in total. The van der Waals surface area contributed by atoms with Crippen LogP contribution in [0.1, 0.15) is 52.2 Å². The van der Waals surface area contributed by atoms with Crippen molar-refractivity contribution in [2.45, 2.75) is 71.7 Å². The van der Waals surface area contributed by atoms with Crippen LogP contribution in [0.3, 0.4) is 0 Å². The molecule has 0 spiro atoms. The van der Waals surface area contributed by atoms with Crippen LogP contribution in [0.2, 0.25) is 0 Å². The molecule has 7 heteroatoms. The summed E-state index contributed by atoms with van der Waals surface area (Å²) in [4.78, 5) is 38.6. The second-order valence-corrected chi connectivity index (χ2v) is 8.29. The zero-order valence-electron chi connectivity index (χ0n) is 17.2. The lowest BCUT2D eigenvalue weighted by atomic mass is 9.93. The molecule has 0 aliphatic carbocycles. The van der Waals surface area contributed by atoms with E-state index in [1.165, 1.54) is 4.90 Å². The number of nitrogens with zero attached hydrogens (tertiary/aromatic N) is 1. The Bertz CT molecular complexity index is 741. The van der Waals surface area contributed by atoms with Gasteiger partial charge in [0.2, 0.25) is 5.91 Å². The topological polar surface area (TPSA) is 98.8 Å². The first-order valence-corrected chi connectivity index (χ1v) is 9.61. The molecule has 0 fully saturated rings. The second-order valence-electron chi connectivity index (χ2n) is 8.29. The molecule has 0 unspecified atom stereocenters. The lowest BCUT2D eigenvalue weighted by molar-refractivity contribution is -0.309. The maximum atomic E-state index is 13.0. The average Bonchev–Trinajstić information content (AvgIpc) is 2.62. The summed E-state index contributed by atoms with van der Waals surface area (Å²) in [6.45, 7) is 9.08. The van der Waals surface area contributed by atoms with Crippen molar-refractivity contribution in [2.24, 2.45) is 5.92 Å². The SMILES string of the molecule is CC[C@@H](C)[C@H](NC(=O)[C@@H]1Cc2ccccc2CN1C(=O)OC(C)(C)C)C(=O)[O-]. The van der Waals surface area contributed by atoms with E-state index in [2.05, 4.69) is 5.32 Å². The van der Waals surface area contributed by atoms with Crippen molar-refractivity contribution in [2.75, 3.05) is 0 Å². The van der Waals surface area contributed by atoms with Gasteiger partial charge in [0.25, 0.3) is 0 Å². The van der Waals surface area contributed by atoms with Gasteiger partial charge in [0, 0.05) is 6.42 Å². The molecule has 1 N–H and O–H groups in total. The molecular weight excluding hydrogens is 360 g/mol. The molecule has 1 heterocycles. The maximum absolute atomic E-state index is 13.0. The molecule has 1 aliphatic rings. The molecule has 1 aromatic rings. The number of carboxylic acid groups (broad SMARTS) is 1. The van der Waals surface area contributed by atoms with Crippen LogP contribution in [-0.4, -0.2) is 40.6 Å². The Morgan fingerprint density at radius 2 is 1.86 bits per heavy atom. The van der Waals surface area contributed by atoms with Crippen LogP contribution in [0.5, 0.6) is 0 Å². The first-order valence-electron chi connectivity index (χ1n) is 9.61. The fourth-order valence-electron chi connectivity index (χ4n) is 3.19. The Morgan fingerprint density at radius 3 is 2.39 bits per heavy atom. The lowest BCUT2D eigenvalue weighted by Gasteiger charge is -2.38. The quantitative estimate of drug-likeness (QED) is 0.825. The number of carboxylic acids is 1. The van der Waals surface area contributed by atoms with Crippen LogP contribution in [-0.2, 0) is 27.3 Å². The molecule has 0 aromatic heterocycles. The molecule has 2 amide bonds. The van der Waals surface area contributed by atoms with Crippen molar-refractivity contribution in [1.29, 1.82) is 0 Å². The van der Waals surface area contributed by atoms with Crippen LogP contribution in [0.25, 0.3) is 0 Å². The second kappa shape index (κ2) is 8.63. The van der Waals surface area contributed by atoms with Crippen LogP contribution in [0.15, 0.2) is 24.3 Å². The number of hydrogen-bond donors (Lipinski definition) is 1. The predicted molar refractivity (Wildman–Crippen MR) is 102 cm³/mol. The molecule has 0 radical (unpaired) electrons. The highest BCUT2D eigenvalue weighted by Crippen LogP contribution is 2.25. The van der Waals surface area contributed by atoms with Gasteiger partial charge >= 0.3 is 6.09 Å². The number of amides is 2. The number of nitrogens with one attached hydrogen (secondary N) is 1. The minimum absolute atomic E-state index is 0.225. The number of aliphatic carboxylic acids is 1. The Morgan fingerprint density at radius 1 is 1.25 bits per heavy atom. The smallest absolute Gasteiger partial charge is 0.411 e. The highest BCUT2D eigenvalue weighted by molar-refractivity contribution is 5.89. The van der Waals surface area contributed by atoms with E-state index >= 15 is 0 Å². The zero-order chi connectivity index (χ0) is 21.1. The van der Waals surface area contributed by atoms with Gasteiger partial charge in [-0.25, -0.2) is 4.79 Å². The zero-order valence-corrected chi connectivity index (χ0v) is 17.2.